The van der Waals surface area contributed by atoms with Gasteiger partial charge in [0.2, 0.25) is 5.91 Å². The van der Waals surface area contributed by atoms with Gasteiger partial charge in [0.1, 0.15) is 21.9 Å². The quantitative estimate of drug-likeness (QED) is 0.0627. The van der Waals surface area contributed by atoms with E-state index in [1.807, 2.05) is 54.6 Å². The second kappa shape index (κ2) is 20.3. The van der Waals surface area contributed by atoms with Gasteiger partial charge in [0, 0.05) is 24.1 Å². The van der Waals surface area contributed by atoms with Crippen molar-refractivity contribution in [2.24, 2.45) is 5.92 Å². The van der Waals surface area contributed by atoms with Gasteiger partial charge in [-0.2, -0.15) is 13.2 Å². The molecule has 5 atom stereocenters. The first kappa shape index (κ1) is 44.4. The van der Waals surface area contributed by atoms with Crippen molar-refractivity contribution in [3.05, 3.63) is 106 Å². The molecule has 5 unspecified atom stereocenters. The molecule has 1 heterocycles. The van der Waals surface area contributed by atoms with Crippen LogP contribution in [-0.2, 0) is 25.1 Å². The third-order valence-corrected chi connectivity index (χ3v) is 13.1. The number of amides is 2. The predicted molar refractivity (Wildman–Crippen MR) is 237 cm³/mol. The van der Waals surface area contributed by atoms with E-state index in [2.05, 4.69) is 108 Å². The number of hydrogen-bond acceptors (Lipinski definition) is 7. The van der Waals surface area contributed by atoms with E-state index < -0.39 is 29.5 Å². The normalized spacial score (nSPS) is 23.4. The SMILES string of the molecule is CCN(CCCCC1(C(=O)NCC(F)(F)F)c2ccccc2C2(C)C=CC=CC21)CCC(I)NC(=O)c1cccnc1SC1=CC(OCI)CC=C1OCI. The Kier molecular flexibility index (Phi) is 16.4. The average molecular weight is 1120 g/mol. The van der Waals surface area contributed by atoms with E-state index in [9.17, 15) is 22.8 Å². The van der Waals surface area contributed by atoms with Gasteiger partial charge in [-0.05, 0) is 96.8 Å². The summed E-state index contributed by atoms with van der Waals surface area (Å²) in [5.41, 5.74) is 0.635. The molecule has 1 aromatic heterocycles. The van der Waals surface area contributed by atoms with E-state index in [0.717, 1.165) is 47.8 Å². The molecular formula is C40H46F3I3N4O4S. The summed E-state index contributed by atoms with van der Waals surface area (Å²) in [5, 5.41) is 5.99. The molecule has 0 fully saturated rings. The highest BCUT2D eigenvalue weighted by Gasteiger charge is 2.60. The van der Waals surface area contributed by atoms with E-state index >= 15 is 0 Å². The van der Waals surface area contributed by atoms with Gasteiger partial charge in [0.25, 0.3) is 5.91 Å². The summed E-state index contributed by atoms with van der Waals surface area (Å²) in [7, 11) is 0. The smallest absolute Gasteiger partial charge is 0.405 e. The molecule has 8 nitrogen and oxygen atoms in total. The van der Waals surface area contributed by atoms with Gasteiger partial charge in [0.05, 0.1) is 30.6 Å². The van der Waals surface area contributed by atoms with Crippen molar-refractivity contribution < 1.29 is 32.2 Å². The Morgan fingerprint density at radius 3 is 2.60 bits per heavy atom. The molecule has 15 heteroatoms. The van der Waals surface area contributed by atoms with Gasteiger partial charge in [0.15, 0.2) is 0 Å². The van der Waals surface area contributed by atoms with Gasteiger partial charge in [-0.3, -0.25) is 9.59 Å². The number of hydrogen-bond donors (Lipinski definition) is 2. The van der Waals surface area contributed by atoms with Crippen LogP contribution in [0.4, 0.5) is 13.2 Å². The number of fused-ring (bicyclic) bond motifs is 3. The highest BCUT2D eigenvalue weighted by atomic mass is 127. The largest absolute Gasteiger partial charge is 0.483 e. The summed E-state index contributed by atoms with van der Waals surface area (Å²) in [6.45, 7) is 5.08. The number of pyridine rings is 1. The summed E-state index contributed by atoms with van der Waals surface area (Å²) in [4.78, 5) is 35.3. The Bertz CT molecular complexity index is 1790. The van der Waals surface area contributed by atoms with E-state index in [1.54, 1.807) is 18.3 Å². The van der Waals surface area contributed by atoms with Crippen LogP contribution in [0.25, 0.3) is 0 Å². The Morgan fingerprint density at radius 2 is 1.87 bits per heavy atom. The Labute approximate surface area is 366 Å². The maximum atomic E-state index is 14.0. The Balaban J connectivity index is 1.19. The molecule has 0 spiro atoms. The molecule has 5 rings (SSSR count). The van der Waals surface area contributed by atoms with Crippen LogP contribution < -0.4 is 10.6 Å². The highest BCUT2D eigenvalue weighted by Crippen LogP contribution is 2.58. The Morgan fingerprint density at radius 1 is 1.09 bits per heavy atom. The number of allylic oxidation sites excluding steroid dienone is 4. The van der Waals surface area contributed by atoms with Crippen LogP contribution in [-0.4, -0.2) is 73.4 Å². The molecule has 0 aliphatic heterocycles. The molecular weight excluding hydrogens is 1070 g/mol. The minimum Gasteiger partial charge on any atom is -0.483 e. The van der Waals surface area contributed by atoms with Crippen molar-refractivity contribution in [1.29, 1.82) is 0 Å². The highest BCUT2D eigenvalue weighted by molar-refractivity contribution is 14.1. The van der Waals surface area contributed by atoms with Gasteiger partial charge in [-0.1, -0.05) is 126 Å². The van der Waals surface area contributed by atoms with Crippen molar-refractivity contribution in [3.8, 4) is 0 Å². The number of halogens is 6. The fraction of sp³-hybridized carbons (Fsp3) is 0.475. The zero-order chi connectivity index (χ0) is 39.6. The van der Waals surface area contributed by atoms with Crippen LogP contribution >= 0.6 is 79.5 Å². The predicted octanol–water partition coefficient (Wildman–Crippen LogP) is 9.54. The zero-order valence-corrected chi connectivity index (χ0v) is 38.0. The number of nitrogens with one attached hydrogen (secondary N) is 2. The van der Waals surface area contributed by atoms with Crippen LogP contribution in [0, 0.1) is 5.92 Å². The summed E-state index contributed by atoms with van der Waals surface area (Å²) in [6, 6.07) is 11.2. The lowest BCUT2D eigenvalue weighted by Crippen LogP contribution is -2.51. The molecule has 2 N–H and O–H groups in total. The monoisotopic (exact) mass is 1120 g/mol. The first-order chi connectivity index (χ1) is 26.4. The molecule has 2 amide bonds. The fourth-order valence-electron chi connectivity index (χ4n) is 7.80. The van der Waals surface area contributed by atoms with Crippen LogP contribution in [0.3, 0.4) is 0 Å². The minimum atomic E-state index is -4.51. The van der Waals surface area contributed by atoms with Crippen molar-refractivity contribution in [1.82, 2.24) is 20.5 Å². The van der Waals surface area contributed by atoms with Gasteiger partial charge in [-0.15, -0.1) is 0 Å². The van der Waals surface area contributed by atoms with Gasteiger partial charge in [-0.25, -0.2) is 4.98 Å². The van der Waals surface area contributed by atoms with Gasteiger partial charge < -0.3 is 25.0 Å². The van der Waals surface area contributed by atoms with Crippen molar-refractivity contribution in [3.63, 3.8) is 0 Å². The Hall–Kier alpha value is -1.68. The molecule has 1 aromatic carbocycles. The van der Waals surface area contributed by atoms with E-state index in [0.29, 0.717) is 45.5 Å². The number of carbonyl (C=O) groups is 2. The zero-order valence-electron chi connectivity index (χ0n) is 30.7. The average Bonchev–Trinajstić information content (AvgIpc) is 3.39. The molecule has 0 bridgehead atoms. The maximum absolute atomic E-state index is 14.0. The first-order valence-electron chi connectivity index (χ1n) is 18.3. The minimum absolute atomic E-state index is 0.0761. The van der Waals surface area contributed by atoms with Crippen LogP contribution in [0.1, 0.15) is 67.4 Å². The van der Waals surface area contributed by atoms with Crippen LogP contribution in [0.15, 0.2) is 94.7 Å². The van der Waals surface area contributed by atoms with Crippen molar-refractivity contribution in [2.75, 3.05) is 35.4 Å². The number of ether oxygens (including phenoxy) is 2. The van der Waals surface area contributed by atoms with Crippen LogP contribution in [0.5, 0.6) is 0 Å². The van der Waals surface area contributed by atoms with E-state index in [4.69, 9.17) is 9.47 Å². The third-order valence-electron chi connectivity index (χ3n) is 10.4. The number of rotatable bonds is 19. The third kappa shape index (κ3) is 10.9. The number of aromatic nitrogens is 1. The number of thioether (sulfide) groups is 1. The number of alkyl halides is 6. The summed E-state index contributed by atoms with van der Waals surface area (Å²) in [5.74, 6) is -0.341. The molecule has 3 aliphatic carbocycles. The summed E-state index contributed by atoms with van der Waals surface area (Å²) >= 11 is 7.99. The van der Waals surface area contributed by atoms with Crippen LogP contribution in [0.2, 0.25) is 0 Å². The second-order valence-corrected chi connectivity index (χ2v) is 17.6. The lowest BCUT2D eigenvalue weighted by molar-refractivity contribution is -0.143. The molecule has 0 saturated heterocycles. The number of carbonyl (C=O) groups excluding carboxylic acids is 2. The van der Waals surface area contributed by atoms with Gasteiger partial charge >= 0.3 is 6.18 Å². The molecule has 0 radical (unpaired) electrons. The second-order valence-electron chi connectivity index (χ2n) is 13.8. The van der Waals surface area contributed by atoms with Crippen molar-refractivity contribution in [2.45, 2.75) is 78.1 Å². The molecule has 3 aliphatic rings. The molecule has 298 valence electrons. The summed E-state index contributed by atoms with van der Waals surface area (Å²) in [6.07, 6.45) is 12.3. The topological polar surface area (TPSA) is 92.8 Å². The number of nitrogens with zero attached hydrogens (tertiary/aromatic N) is 2. The van der Waals surface area contributed by atoms with Crippen molar-refractivity contribution >= 4 is 91.3 Å². The summed E-state index contributed by atoms with van der Waals surface area (Å²) < 4.78 is 52.6. The lowest BCUT2D eigenvalue weighted by Gasteiger charge is -2.40. The molecule has 55 heavy (non-hydrogen) atoms. The fourth-order valence-corrected chi connectivity index (χ4v) is 10.2. The number of benzene rings is 1. The molecule has 2 aromatic rings. The maximum Gasteiger partial charge on any atom is 0.405 e. The molecule has 0 saturated carbocycles. The standard InChI is InChI=1S/C40H46F3I3N4O4S/c1-3-50(22-17-34(46)49-35(51)28-11-10-20-47-36(28)55-32-23-27(53-25-44)15-16-31(32)54-26-45)21-9-8-19-39(37(52)48-24-40(41,42)43)30-13-5-4-12-29(30)38(2)18-7-6-14-33(38)39/h4-7,10-14,16,18,20,23,27,33-34H,3,8-9,15,17,19,21-22,24-26H2,1-2H3,(H,48,52)(H,49,51). The van der Waals surface area contributed by atoms with E-state index in [1.165, 1.54) is 11.8 Å². The lowest BCUT2D eigenvalue weighted by atomic mass is 9.63. The first-order valence-corrected chi connectivity index (χ1v) is 23.4. The van der Waals surface area contributed by atoms with E-state index in [-0.39, 0.29) is 22.0 Å². The number of unbranched alkanes of at least 4 members (excludes halogenated alkanes) is 1.